The smallest absolute Gasteiger partial charge is 0.407 e. The molecule has 1 aliphatic rings. The van der Waals surface area contributed by atoms with Crippen molar-refractivity contribution in [2.75, 3.05) is 19.3 Å². The summed E-state index contributed by atoms with van der Waals surface area (Å²) in [7, 11) is -3.62. The molecule has 0 aromatic carbocycles. The van der Waals surface area contributed by atoms with Gasteiger partial charge in [-0.1, -0.05) is 6.07 Å². The standard InChI is InChI=1S/C20H28N4O5S/c1-20(2,3)29-19(26)21-13-14-9-5-7-11-23(14)17(25)16-15-10-6-8-12-24(15)18(22-16)30(4,27)28/h6,8,10,12,14H,5,7,9,11,13H2,1-4H3,(H,21,26)/t14-/m0/s1. The second-order valence-corrected chi connectivity index (χ2v) is 10.4. The monoisotopic (exact) mass is 436 g/mol. The highest BCUT2D eigenvalue weighted by atomic mass is 32.2. The summed E-state index contributed by atoms with van der Waals surface area (Å²) in [6, 6.07) is 4.87. The van der Waals surface area contributed by atoms with Gasteiger partial charge in [-0.25, -0.2) is 18.2 Å². The van der Waals surface area contributed by atoms with E-state index in [1.165, 1.54) is 4.40 Å². The van der Waals surface area contributed by atoms with Crippen LogP contribution >= 0.6 is 0 Å². The number of hydrogen-bond acceptors (Lipinski definition) is 6. The van der Waals surface area contributed by atoms with Gasteiger partial charge in [-0.15, -0.1) is 0 Å². The van der Waals surface area contributed by atoms with Crippen LogP contribution in [0.2, 0.25) is 0 Å². The normalized spacial score (nSPS) is 17.7. The minimum atomic E-state index is -3.62. The lowest BCUT2D eigenvalue weighted by atomic mass is 10.0. The summed E-state index contributed by atoms with van der Waals surface area (Å²) in [5, 5.41) is 2.57. The fourth-order valence-corrected chi connectivity index (χ4v) is 4.33. The van der Waals surface area contributed by atoms with Crippen molar-refractivity contribution < 1.29 is 22.7 Å². The van der Waals surface area contributed by atoms with Crippen LogP contribution in [-0.4, -0.2) is 65.7 Å². The Morgan fingerprint density at radius 3 is 2.67 bits per heavy atom. The van der Waals surface area contributed by atoms with E-state index < -0.39 is 21.5 Å². The van der Waals surface area contributed by atoms with Crippen molar-refractivity contribution in [1.29, 1.82) is 0 Å². The average molecular weight is 437 g/mol. The van der Waals surface area contributed by atoms with Gasteiger partial charge in [0.15, 0.2) is 5.69 Å². The molecule has 0 radical (unpaired) electrons. The third-order valence-corrected chi connectivity index (χ3v) is 5.77. The molecule has 0 aliphatic carbocycles. The number of sulfone groups is 1. The topological polar surface area (TPSA) is 110 Å². The maximum Gasteiger partial charge on any atom is 0.407 e. The maximum absolute atomic E-state index is 13.3. The highest BCUT2D eigenvalue weighted by molar-refractivity contribution is 7.90. The number of piperidine rings is 1. The molecule has 2 aromatic rings. The summed E-state index contributed by atoms with van der Waals surface area (Å²) in [6.45, 7) is 6.12. The Hall–Kier alpha value is -2.62. The van der Waals surface area contributed by atoms with Gasteiger partial charge in [0.1, 0.15) is 5.60 Å². The van der Waals surface area contributed by atoms with Crippen LogP contribution in [0.4, 0.5) is 4.79 Å². The number of rotatable bonds is 4. The van der Waals surface area contributed by atoms with Crippen LogP contribution in [0.15, 0.2) is 29.6 Å². The Bertz CT molecular complexity index is 1050. The van der Waals surface area contributed by atoms with Crippen LogP contribution in [0.1, 0.15) is 50.5 Å². The van der Waals surface area contributed by atoms with Gasteiger partial charge in [0.25, 0.3) is 5.91 Å². The number of amides is 2. The van der Waals surface area contributed by atoms with Gasteiger partial charge in [0.05, 0.1) is 5.52 Å². The fourth-order valence-electron chi connectivity index (χ4n) is 3.56. The zero-order chi connectivity index (χ0) is 22.1. The molecule has 1 fully saturated rings. The van der Waals surface area contributed by atoms with Crippen molar-refractivity contribution in [3.05, 3.63) is 30.1 Å². The number of alkyl carbamates (subject to hydrolysis) is 1. The molecule has 2 aromatic heterocycles. The highest BCUT2D eigenvalue weighted by Gasteiger charge is 2.32. The molecule has 1 saturated heterocycles. The van der Waals surface area contributed by atoms with Crippen molar-refractivity contribution in [3.63, 3.8) is 0 Å². The van der Waals surface area contributed by atoms with Crippen LogP contribution in [0.5, 0.6) is 0 Å². The predicted octanol–water partition coefficient (Wildman–Crippen LogP) is 2.26. The summed E-state index contributed by atoms with van der Waals surface area (Å²) in [6.07, 6.45) is 4.60. The Labute approximate surface area is 176 Å². The predicted molar refractivity (Wildman–Crippen MR) is 111 cm³/mol. The van der Waals surface area contributed by atoms with Crippen molar-refractivity contribution in [2.24, 2.45) is 0 Å². The Balaban J connectivity index is 1.85. The number of nitrogens with one attached hydrogen (secondary N) is 1. The molecule has 0 saturated carbocycles. The first-order chi connectivity index (χ1) is 14.0. The van der Waals surface area contributed by atoms with Crippen molar-refractivity contribution in [1.82, 2.24) is 19.6 Å². The van der Waals surface area contributed by atoms with E-state index in [9.17, 15) is 18.0 Å². The van der Waals surface area contributed by atoms with Crippen LogP contribution in [-0.2, 0) is 14.6 Å². The van der Waals surface area contributed by atoms with Gasteiger partial charge in [-0.05, 0) is 52.2 Å². The van der Waals surface area contributed by atoms with Gasteiger partial charge in [0.2, 0.25) is 15.0 Å². The molecule has 164 valence electrons. The van der Waals surface area contributed by atoms with E-state index in [0.29, 0.717) is 12.1 Å². The number of pyridine rings is 1. The molecule has 1 aliphatic heterocycles. The number of fused-ring (bicyclic) bond motifs is 1. The third kappa shape index (κ3) is 4.92. The summed E-state index contributed by atoms with van der Waals surface area (Å²) < 4.78 is 31.0. The number of imidazole rings is 1. The molecule has 1 atom stereocenters. The van der Waals surface area contributed by atoms with E-state index in [1.807, 2.05) is 0 Å². The molecular formula is C20H28N4O5S. The second-order valence-electron chi connectivity index (χ2n) is 8.50. The van der Waals surface area contributed by atoms with Crippen LogP contribution in [0.25, 0.3) is 5.52 Å². The number of likely N-dealkylation sites (tertiary alicyclic amines) is 1. The first-order valence-corrected chi connectivity index (χ1v) is 11.8. The first-order valence-electron chi connectivity index (χ1n) is 9.92. The van der Waals surface area contributed by atoms with E-state index in [2.05, 4.69) is 10.3 Å². The lowest BCUT2D eigenvalue weighted by molar-refractivity contribution is 0.0461. The molecule has 1 N–H and O–H groups in total. The molecule has 3 heterocycles. The van der Waals surface area contributed by atoms with E-state index in [-0.39, 0.29) is 29.3 Å². The number of carbonyl (C=O) groups excluding carboxylic acids is 2. The quantitative estimate of drug-likeness (QED) is 0.787. The Morgan fingerprint density at radius 1 is 1.27 bits per heavy atom. The molecule has 2 amide bonds. The van der Waals surface area contributed by atoms with Gasteiger partial charge < -0.3 is 15.0 Å². The average Bonchev–Trinajstić information content (AvgIpc) is 3.05. The molecule has 3 rings (SSSR count). The molecule has 0 unspecified atom stereocenters. The van der Waals surface area contributed by atoms with Crippen molar-refractivity contribution in [2.45, 2.75) is 56.8 Å². The van der Waals surface area contributed by atoms with Crippen molar-refractivity contribution in [3.8, 4) is 0 Å². The lowest BCUT2D eigenvalue weighted by Crippen LogP contribution is -2.50. The number of carbonyl (C=O) groups is 2. The Kier molecular flexibility index (Phi) is 6.07. The maximum atomic E-state index is 13.3. The zero-order valence-corrected chi connectivity index (χ0v) is 18.5. The SMILES string of the molecule is CC(C)(C)OC(=O)NC[C@@H]1CCCCN1C(=O)c1nc(S(C)(=O)=O)n2ccccc12. The lowest BCUT2D eigenvalue weighted by Gasteiger charge is -2.35. The first kappa shape index (κ1) is 22.1. The van der Waals surface area contributed by atoms with Gasteiger partial charge in [-0.2, -0.15) is 0 Å². The van der Waals surface area contributed by atoms with Gasteiger partial charge in [-0.3, -0.25) is 9.20 Å². The third-order valence-electron chi connectivity index (χ3n) is 4.82. The van der Waals surface area contributed by atoms with E-state index in [0.717, 1.165) is 25.5 Å². The van der Waals surface area contributed by atoms with Crippen LogP contribution in [0, 0.1) is 0 Å². The number of nitrogens with zero attached hydrogens (tertiary/aromatic N) is 3. The summed E-state index contributed by atoms with van der Waals surface area (Å²) in [5.41, 5.74) is -0.0728. The highest BCUT2D eigenvalue weighted by Crippen LogP contribution is 2.23. The minimum absolute atomic E-state index is 0.0974. The molecule has 0 bridgehead atoms. The van der Waals surface area contributed by atoms with Crippen LogP contribution in [0.3, 0.4) is 0 Å². The Morgan fingerprint density at radius 2 is 2.00 bits per heavy atom. The second kappa shape index (κ2) is 8.25. The molecule has 9 nitrogen and oxygen atoms in total. The zero-order valence-electron chi connectivity index (χ0n) is 17.7. The molecular weight excluding hydrogens is 408 g/mol. The fraction of sp³-hybridized carbons (Fsp3) is 0.550. The summed E-state index contributed by atoms with van der Waals surface area (Å²) in [5.74, 6) is -0.343. The molecule has 10 heteroatoms. The summed E-state index contributed by atoms with van der Waals surface area (Å²) >= 11 is 0. The summed E-state index contributed by atoms with van der Waals surface area (Å²) in [4.78, 5) is 31.2. The number of aromatic nitrogens is 2. The minimum Gasteiger partial charge on any atom is -0.444 e. The number of ether oxygens (including phenoxy) is 1. The largest absolute Gasteiger partial charge is 0.444 e. The van der Waals surface area contributed by atoms with Gasteiger partial charge >= 0.3 is 6.09 Å². The molecule has 0 spiro atoms. The van der Waals surface area contributed by atoms with E-state index in [1.54, 1.807) is 50.1 Å². The number of hydrogen-bond donors (Lipinski definition) is 1. The van der Waals surface area contributed by atoms with Gasteiger partial charge in [0, 0.05) is 31.6 Å². The van der Waals surface area contributed by atoms with Crippen molar-refractivity contribution >= 4 is 27.4 Å². The van der Waals surface area contributed by atoms with E-state index in [4.69, 9.17) is 4.74 Å². The van der Waals surface area contributed by atoms with E-state index >= 15 is 0 Å². The molecule has 30 heavy (non-hydrogen) atoms. The van der Waals surface area contributed by atoms with Crippen LogP contribution < -0.4 is 5.32 Å².